The summed E-state index contributed by atoms with van der Waals surface area (Å²) in [6, 6.07) is 2.20. The van der Waals surface area contributed by atoms with Gasteiger partial charge in [-0.1, -0.05) is 33.6 Å². The van der Waals surface area contributed by atoms with Crippen LogP contribution in [-0.2, 0) is 5.41 Å². The van der Waals surface area contributed by atoms with Gasteiger partial charge in [0.25, 0.3) is 0 Å². The van der Waals surface area contributed by atoms with Gasteiger partial charge in [-0.2, -0.15) is 0 Å². The monoisotopic (exact) mass is 203 g/mol. The van der Waals surface area contributed by atoms with Gasteiger partial charge in [0.15, 0.2) is 0 Å². The molecule has 0 aromatic carbocycles. The molecule has 1 aliphatic carbocycles. The molecular weight excluding hydrogens is 182 g/mol. The van der Waals surface area contributed by atoms with Crippen molar-refractivity contribution in [3.05, 3.63) is 29.6 Å². The smallest absolute Gasteiger partial charge is 0.0305 e. The van der Waals surface area contributed by atoms with E-state index in [1.807, 2.05) is 6.20 Å². The van der Waals surface area contributed by atoms with E-state index < -0.39 is 0 Å². The highest BCUT2D eigenvalue weighted by molar-refractivity contribution is 5.33. The number of hydrogen-bond acceptors (Lipinski definition) is 1. The largest absolute Gasteiger partial charge is 0.264 e. The summed E-state index contributed by atoms with van der Waals surface area (Å²) in [5, 5.41) is 0. The lowest BCUT2D eigenvalue weighted by Crippen LogP contribution is -2.15. The van der Waals surface area contributed by atoms with Crippen LogP contribution < -0.4 is 0 Å². The topological polar surface area (TPSA) is 12.9 Å². The minimum atomic E-state index is 0.251. The molecule has 15 heavy (non-hydrogen) atoms. The molecule has 1 aromatic heterocycles. The molecule has 2 rings (SSSR count). The van der Waals surface area contributed by atoms with Crippen molar-refractivity contribution in [2.75, 3.05) is 0 Å². The average Bonchev–Trinajstić information content (AvgIpc) is 2.69. The summed E-state index contributed by atoms with van der Waals surface area (Å²) in [6.45, 7) is 6.88. The molecular formula is C14H21N. The number of pyridine rings is 1. The fourth-order valence-corrected chi connectivity index (χ4v) is 2.65. The van der Waals surface area contributed by atoms with E-state index in [1.165, 1.54) is 36.8 Å². The maximum absolute atomic E-state index is 4.30. The zero-order valence-corrected chi connectivity index (χ0v) is 10.1. The van der Waals surface area contributed by atoms with Crippen LogP contribution in [0.2, 0.25) is 0 Å². The molecule has 1 aromatic rings. The van der Waals surface area contributed by atoms with Crippen LogP contribution in [0, 0.1) is 0 Å². The lowest BCUT2D eigenvalue weighted by Gasteiger charge is -2.25. The van der Waals surface area contributed by atoms with E-state index in [2.05, 4.69) is 38.0 Å². The zero-order valence-electron chi connectivity index (χ0n) is 10.1. The third kappa shape index (κ3) is 2.22. The lowest BCUT2D eigenvalue weighted by molar-refractivity contribution is 0.567. The molecule has 0 saturated heterocycles. The van der Waals surface area contributed by atoms with Crippen LogP contribution >= 0.6 is 0 Å². The second-order valence-corrected chi connectivity index (χ2v) is 5.69. The summed E-state index contributed by atoms with van der Waals surface area (Å²) in [6.07, 6.45) is 9.52. The highest BCUT2D eigenvalue weighted by atomic mass is 14.6. The van der Waals surface area contributed by atoms with Crippen molar-refractivity contribution in [1.29, 1.82) is 0 Å². The first-order valence-electron chi connectivity index (χ1n) is 6.03. The molecule has 1 saturated carbocycles. The molecule has 0 aliphatic heterocycles. The van der Waals surface area contributed by atoms with Gasteiger partial charge in [0.2, 0.25) is 0 Å². The predicted octanol–water partition coefficient (Wildman–Crippen LogP) is 4.04. The Morgan fingerprint density at radius 3 is 2.47 bits per heavy atom. The summed E-state index contributed by atoms with van der Waals surface area (Å²) in [7, 11) is 0. The fourth-order valence-electron chi connectivity index (χ4n) is 2.65. The van der Waals surface area contributed by atoms with Crippen molar-refractivity contribution in [2.24, 2.45) is 0 Å². The van der Waals surface area contributed by atoms with E-state index in [1.54, 1.807) is 0 Å². The van der Waals surface area contributed by atoms with Gasteiger partial charge in [0.05, 0.1) is 0 Å². The normalized spacial score (nSPS) is 18.3. The van der Waals surface area contributed by atoms with Gasteiger partial charge in [-0.15, -0.1) is 0 Å². The minimum Gasteiger partial charge on any atom is -0.264 e. The van der Waals surface area contributed by atoms with Crippen molar-refractivity contribution >= 4 is 0 Å². The summed E-state index contributed by atoms with van der Waals surface area (Å²) in [5.74, 6) is 0.771. The maximum Gasteiger partial charge on any atom is 0.0305 e. The van der Waals surface area contributed by atoms with Crippen LogP contribution in [0.4, 0.5) is 0 Å². The Morgan fingerprint density at radius 2 is 1.87 bits per heavy atom. The predicted molar refractivity (Wildman–Crippen MR) is 64.1 cm³/mol. The van der Waals surface area contributed by atoms with E-state index in [0.717, 1.165) is 5.92 Å². The number of hydrogen-bond donors (Lipinski definition) is 0. The van der Waals surface area contributed by atoms with E-state index in [-0.39, 0.29) is 5.41 Å². The van der Waals surface area contributed by atoms with Crippen LogP contribution in [0.3, 0.4) is 0 Å². The first-order valence-corrected chi connectivity index (χ1v) is 6.03. The molecule has 0 radical (unpaired) electrons. The molecule has 0 atom stereocenters. The van der Waals surface area contributed by atoms with Crippen molar-refractivity contribution in [3.8, 4) is 0 Å². The molecule has 0 unspecified atom stereocenters. The average molecular weight is 203 g/mol. The van der Waals surface area contributed by atoms with Gasteiger partial charge in [-0.3, -0.25) is 4.98 Å². The SMILES string of the molecule is CC(C)(C)c1ccncc1C1CCCC1. The zero-order chi connectivity index (χ0) is 10.9. The molecule has 1 heteroatoms. The van der Waals surface area contributed by atoms with Crippen LogP contribution in [0.25, 0.3) is 0 Å². The Labute approximate surface area is 92.9 Å². The van der Waals surface area contributed by atoms with Gasteiger partial charge in [0, 0.05) is 12.4 Å². The summed E-state index contributed by atoms with van der Waals surface area (Å²) in [4.78, 5) is 4.30. The van der Waals surface area contributed by atoms with E-state index in [0.29, 0.717) is 0 Å². The standard InChI is InChI=1S/C14H21N/c1-14(2,3)13-8-9-15-10-12(13)11-6-4-5-7-11/h8-11H,4-7H2,1-3H3. The van der Waals surface area contributed by atoms with Crippen LogP contribution in [0.15, 0.2) is 18.5 Å². The first kappa shape index (κ1) is 10.7. The second-order valence-electron chi connectivity index (χ2n) is 5.69. The number of aromatic nitrogens is 1. The Hall–Kier alpha value is -0.850. The number of rotatable bonds is 1. The van der Waals surface area contributed by atoms with Gasteiger partial charge in [-0.05, 0) is 41.4 Å². The first-order chi connectivity index (χ1) is 7.09. The lowest BCUT2D eigenvalue weighted by atomic mass is 9.80. The summed E-state index contributed by atoms with van der Waals surface area (Å²) < 4.78 is 0. The van der Waals surface area contributed by atoms with Crippen molar-refractivity contribution in [1.82, 2.24) is 4.98 Å². The van der Waals surface area contributed by atoms with Crippen molar-refractivity contribution < 1.29 is 0 Å². The van der Waals surface area contributed by atoms with Gasteiger partial charge >= 0.3 is 0 Å². The molecule has 0 bridgehead atoms. The van der Waals surface area contributed by atoms with E-state index in [9.17, 15) is 0 Å². The van der Waals surface area contributed by atoms with Crippen LogP contribution in [0.5, 0.6) is 0 Å². The van der Waals surface area contributed by atoms with Crippen molar-refractivity contribution in [2.45, 2.75) is 57.8 Å². The molecule has 1 heterocycles. The Kier molecular flexibility index (Phi) is 2.81. The third-order valence-corrected chi connectivity index (χ3v) is 3.45. The molecule has 1 aliphatic rings. The van der Waals surface area contributed by atoms with Gasteiger partial charge in [-0.25, -0.2) is 0 Å². The number of nitrogens with zero attached hydrogens (tertiary/aromatic N) is 1. The maximum atomic E-state index is 4.30. The molecule has 1 fully saturated rings. The van der Waals surface area contributed by atoms with E-state index >= 15 is 0 Å². The highest BCUT2D eigenvalue weighted by Gasteiger charge is 2.24. The van der Waals surface area contributed by atoms with Gasteiger partial charge in [0.1, 0.15) is 0 Å². The van der Waals surface area contributed by atoms with Gasteiger partial charge < -0.3 is 0 Å². The molecule has 82 valence electrons. The Bertz CT molecular complexity index is 329. The van der Waals surface area contributed by atoms with Crippen molar-refractivity contribution in [3.63, 3.8) is 0 Å². The quantitative estimate of drug-likeness (QED) is 0.671. The highest BCUT2D eigenvalue weighted by Crippen LogP contribution is 2.38. The fraction of sp³-hybridized carbons (Fsp3) is 0.643. The van der Waals surface area contributed by atoms with E-state index in [4.69, 9.17) is 0 Å². The summed E-state index contributed by atoms with van der Waals surface area (Å²) in [5.41, 5.74) is 3.24. The Balaban J connectivity index is 2.37. The second kappa shape index (κ2) is 3.96. The minimum absolute atomic E-state index is 0.251. The van der Waals surface area contributed by atoms with Crippen LogP contribution in [-0.4, -0.2) is 4.98 Å². The van der Waals surface area contributed by atoms with Crippen LogP contribution in [0.1, 0.15) is 63.5 Å². The summed E-state index contributed by atoms with van der Waals surface area (Å²) >= 11 is 0. The Morgan fingerprint density at radius 1 is 1.20 bits per heavy atom. The molecule has 1 nitrogen and oxygen atoms in total. The third-order valence-electron chi connectivity index (χ3n) is 3.45. The molecule has 0 amide bonds. The molecule has 0 spiro atoms. The molecule has 0 N–H and O–H groups in total.